The Morgan fingerprint density at radius 2 is 2.15 bits per heavy atom. The summed E-state index contributed by atoms with van der Waals surface area (Å²) in [6.07, 6.45) is 1.60. The predicted molar refractivity (Wildman–Crippen MR) is 46.5 cm³/mol. The lowest BCUT2D eigenvalue weighted by Crippen LogP contribution is -2.19. The molecule has 0 aliphatic heterocycles. The normalized spacial score (nSPS) is 13.2. The molecule has 5 heteroatoms. The predicted octanol–water partition coefficient (Wildman–Crippen LogP) is 1.05. The number of hydrogen-bond acceptors (Lipinski definition) is 3. The number of hydrogen-bond donors (Lipinski definition) is 1. The van der Waals surface area contributed by atoms with Gasteiger partial charge in [-0.25, -0.2) is 9.48 Å². The van der Waals surface area contributed by atoms with Crippen LogP contribution in [0, 0.1) is 0 Å². The van der Waals surface area contributed by atoms with E-state index in [1.54, 1.807) is 13.1 Å². The molecule has 0 saturated carbocycles. The molecule has 0 saturated heterocycles. The third-order valence-corrected chi connectivity index (χ3v) is 1.92. The zero-order valence-electron chi connectivity index (χ0n) is 7.93. The summed E-state index contributed by atoms with van der Waals surface area (Å²) >= 11 is 0. The molecule has 1 rings (SSSR count). The van der Waals surface area contributed by atoms with Crippen molar-refractivity contribution in [3.8, 4) is 0 Å². The van der Waals surface area contributed by atoms with Gasteiger partial charge in [0.05, 0.1) is 11.9 Å². The summed E-state index contributed by atoms with van der Waals surface area (Å²) < 4.78 is 1.44. The highest BCUT2D eigenvalue weighted by Crippen LogP contribution is 2.16. The van der Waals surface area contributed by atoms with Crippen LogP contribution >= 0.6 is 0 Å². The Balaban J connectivity index is 3.00. The van der Waals surface area contributed by atoms with Crippen LogP contribution in [0.15, 0.2) is 6.20 Å². The quantitative estimate of drug-likeness (QED) is 0.760. The van der Waals surface area contributed by atoms with Gasteiger partial charge in [-0.1, -0.05) is 19.1 Å². The first-order valence-electron chi connectivity index (χ1n) is 4.17. The van der Waals surface area contributed by atoms with Crippen LogP contribution in [0.25, 0.3) is 0 Å². The lowest BCUT2D eigenvalue weighted by Gasteiger charge is -2.11. The van der Waals surface area contributed by atoms with Crippen LogP contribution in [-0.2, 0) is 4.79 Å². The van der Waals surface area contributed by atoms with Gasteiger partial charge in [0.2, 0.25) is 0 Å². The van der Waals surface area contributed by atoms with Crippen molar-refractivity contribution in [3.63, 3.8) is 0 Å². The third kappa shape index (κ3) is 1.85. The highest BCUT2D eigenvalue weighted by atomic mass is 16.4. The molecule has 0 spiro atoms. The maximum atomic E-state index is 10.7. The molecule has 1 atom stereocenters. The molecule has 0 aliphatic carbocycles. The Kier molecular flexibility index (Phi) is 2.65. The maximum absolute atomic E-state index is 10.7. The van der Waals surface area contributed by atoms with Crippen molar-refractivity contribution >= 4 is 5.97 Å². The fourth-order valence-electron chi connectivity index (χ4n) is 1.07. The van der Waals surface area contributed by atoms with E-state index in [0.717, 1.165) is 5.69 Å². The monoisotopic (exact) mass is 183 g/mol. The summed E-state index contributed by atoms with van der Waals surface area (Å²) in [6.45, 7) is 5.54. The standard InChI is InChI=1S/C8H13N3O2/c1-5(2)7-4-9-10-11(7)6(3)8(12)13/h4-6H,1-3H3,(H,12,13). The first-order chi connectivity index (χ1) is 6.04. The summed E-state index contributed by atoms with van der Waals surface area (Å²) in [5.74, 6) is -0.663. The number of aromatic nitrogens is 3. The lowest BCUT2D eigenvalue weighted by atomic mass is 10.1. The largest absolute Gasteiger partial charge is 0.480 e. The Labute approximate surface area is 76.4 Å². The molecule has 13 heavy (non-hydrogen) atoms. The zero-order valence-corrected chi connectivity index (χ0v) is 7.93. The number of carbonyl (C=O) groups is 1. The van der Waals surface area contributed by atoms with Gasteiger partial charge in [0.15, 0.2) is 0 Å². The molecule has 5 nitrogen and oxygen atoms in total. The second-order valence-corrected chi connectivity index (χ2v) is 3.27. The van der Waals surface area contributed by atoms with Gasteiger partial charge >= 0.3 is 5.97 Å². The fourth-order valence-corrected chi connectivity index (χ4v) is 1.07. The van der Waals surface area contributed by atoms with E-state index in [0.29, 0.717) is 0 Å². The number of rotatable bonds is 3. The van der Waals surface area contributed by atoms with E-state index < -0.39 is 12.0 Å². The maximum Gasteiger partial charge on any atom is 0.328 e. The van der Waals surface area contributed by atoms with Crippen molar-refractivity contribution in [2.75, 3.05) is 0 Å². The van der Waals surface area contributed by atoms with E-state index in [4.69, 9.17) is 5.11 Å². The molecule has 0 aliphatic rings. The molecule has 0 bridgehead atoms. The number of nitrogens with zero attached hydrogens (tertiary/aromatic N) is 3. The summed E-state index contributed by atoms with van der Waals surface area (Å²) in [7, 11) is 0. The van der Waals surface area contributed by atoms with E-state index in [9.17, 15) is 4.79 Å². The zero-order chi connectivity index (χ0) is 10.0. The average molecular weight is 183 g/mol. The van der Waals surface area contributed by atoms with Crippen LogP contribution in [0.3, 0.4) is 0 Å². The van der Waals surface area contributed by atoms with Crippen molar-refractivity contribution < 1.29 is 9.90 Å². The van der Waals surface area contributed by atoms with Crippen molar-refractivity contribution in [1.82, 2.24) is 15.0 Å². The molecule has 1 aromatic rings. The van der Waals surface area contributed by atoms with Gasteiger partial charge in [0, 0.05) is 0 Å². The SMILES string of the molecule is CC(C)c1cnnn1C(C)C(=O)O. The van der Waals surface area contributed by atoms with Crippen molar-refractivity contribution in [2.45, 2.75) is 32.7 Å². The van der Waals surface area contributed by atoms with Gasteiger partial charge in [-0.15, -0.1) is 5.10 Å². The van der Waals surface area contributed by atoms with Crippen LogP contribution < -0.4 is 0 Å². The Hall–Kier alpha value is -1.39. The second kappa shape index (κ2) is 3.55. The van der Waals surface area contributed by atoms with Crippen LogP contribution in [0.2, 0.25) is 0 Å². The molecule has 72 valence electrons. The first-order valence-corrected chi connectivity index (χ1v) is 4.17. The molecule has 1 N–H and O–H groups in total. The molecule has 0 fully saturated rings. The number of aliphatic carboxylic acids is 1. The van der Waals surface area contributed by atoms with E-state index in [1.807, 2.05) is 13.8 Å². The van der Waals surface area contributed by atoms with E-state index >= 15 is 0 Å². The minimum atomic E-state index is -0.896. The highest BCUT2D eigenvalue weighted by molar-refractivity contribution is 5.71. The molecule has 1 heterocycles. The van der Waals surface area contributed by atoms with E-state index in [1.165, 1.54) is 4.68 Å². The van der Waals surface area contributed by atoms with Gasteiger partial charge < -0.3 is 5.11 Å². The van der Waals surface area contributed by atoms with Crippen LogP contribution in [0.5, 0.6) is 0 Å². The molecule has 0 aromatic carbocycles. The average Bonchev–Trinajstić information content (AvgIpc) is 2.50. The molecule has 1 aromatic heterocycles. The molecule has 1 unspecified atom stereocenters. The van der Waals surface area contributed by atoms with Gasteiger partial charge in [0.25, 0.3) is 0 Å². The van der Waals surface area contributed by atoms with Crippen molar-refractivity contribution in [1.29, 1.82) is 0 Å². The smallest absolute Gasteiger partial charge is 0.328 e. The van der Waals surface area contributed by atoms with Crippen molar-refractivity contribution in [3.05, 3.63) is 11.9 Å². The highest BCUT2D eigenvalue weighted by Gasteiger charge is 2.18. The third-order valence-electron chi connectivity index (χ3n) is 1.92. The topological polar surface area (TPSA) is 68.0 Å². The summed E-state index contributed by atoms with van der Waals surface area (Å²) in [5.41, 5.74) is 0.843. The second-order valence-electron chi connectivity index (χ2n) is 3.27. The van der Waals surface area contributed by atoms with Crippen molar-refractivity contribution in [2.24, 2.45) is 0 Å². The Bertz CT molecular complexity index is 306. The van der Waals surface area contributed by atoms with Crippen LogP contribution in [-0.4, -0.2) is 26.1 Å². The minimum absolute atomic E-state index is 0.233. The van der Waals surface area contributed by atoms with E-state index in [2.05, 4.69) is 10.3 Å². The lowest BCUT2D eigenvalue weighted by molar-refractivity contribution is -0.140. The molecular weight excluding hydrogens is 170 g/mol. The van der Waals surface area contributed by atoms with Gasteiger partial charge in [-0.05, 0) is 12.8 Å². The van der Waals surface area contributed by atoms with Gasteiger partial charge in [-0.3, -0.25) is 0 Å². The van der Waals surface area contributed by atoms with Gasteiger partial charge in [0.1, 0.15) is 6.04 Å². The summed E-state index contributed by atoms with van der Waals surface area (Å²) in [5, 5.41) is 16.2. The van der Waals surface area contributed by atoms with E-state index in [-0.39, 0.29) is 5.92 Å². The Morgan fingerprint density at radius 3 is 2.62 bits per heavy atom. The van der Waals surface area contributed by atoms with Gasteiger partial charge in [-0.2, -0.15) is 0 Å². The number of carboxylic acids is 1. The minimum Gasteiger partial charge on any atom is -0.480 e. The number of carboxylic acid groups (broad SMARTS) is 1. The fraction of sp³-hybridized carbons (Fsp3) is 0.625. The summed E-state index contributed by atoms with van der Waals surface area (Å²) in [4.78, 5) is 10.7. The first kappa shape index (κ1) is 9.70. The van der Waals surface area contributed by atoms with Crippen LogP contribution in [0.1, 0.15) is 38.4 Å². The molecular formula is C8H13N3O2. The molecule has 0 amide bonds. The molecule has 0 radical (unpaired) electrons. The Morgan fingerprint density at radius 1 is 1.54 bits per heavy atom. The van der Waals surface area contributed by atoms with Crippen LogP contribution in [0.4, 0.5) is 0 Å². The summed E-state index contributed by atoms with van der Waals surface area (Å²) in [6, 6.07) is -0.653.